The normalized spacial score (nSPS) is 17.9. The van der Waals surface area contributed by atoms with Gasteiger partial charge in [-0.1, -0.05) is 69.7 Å². The number of rotatable bonds is 14. The summed E-state index contributed by atoms with van der Waals surface area (Å²) in [6, 6.07) is 12.4. The molecule has 5 N–H and O–H groups in total. The van der Waals surface area contributed by atoms with Crippen LogP contribution in [-0.2, 0) is 20.8 Å². The molecule has 1 fully saturated rings. The summed E-state index contributed by atoms with van der Waals surface area (Å²) in [6.07, 6.45) is 1.76. The molecule has 3 rings (SSSR count). The average Bonchev–Trinajstić information content (AvgIpc) is 3.40. The zero-order valence-electron chi connectivity index (χ0n) is 24.3. The number of carbonyl (C=O) groups excluding carboxylic acids is 3. The number of likely N-dealkylation sites (tertiary alicyclic amines) is 1. The molecular formula is C31H46N4O5. The van der Waals surface area contributed by atoms with E-state index < -0.39 is 35.6 Å². The molecule has 9 nitrogen and oxygen atoms in total. The highest BCUT2D eigenvalue weighted by molar-refractivity contribution is 5.93. The van der Waals surface area contributed by atoms with Gasteiger partial charge in [0.15, 0.2) is 0 Å². The molecule has 4 atom stereocenters. The fraction of sp³-hybridized carbons (Fsp3) is 0.581. The molecule has 1 saturated heterocycles. The van der Waals surface area contributed by atoms with Gasteiger partial charge in [-0.15, -0.1) is 0 Å². The van der Waals surface area contributed by atoms with Crippen molar-refractivity contribution in [1.82, 2.24) is 20.9 Å². The van der Waals surface area contributed by atoms with Crippen LogP contribution in [0.1, 0.15) is 58.9 Å². The minimum absolute atomic E-state index is 0.00498. The van der Waals surface area contributed by atoms with E-state index in [1.165, 1.54) is 0 Å². The van der Waals surface area contributed by atoms with E-state index in [4.69, 9.17) is 0 Å². The maximum absolute atomic E-state index is 13.5. The van der Waals surface area contributed by atoms with Crippen LogP contribution < -0.4 is 16.0 Å². The second kappa shape index (κ2) is 14.6. The van der Waals surface area contributed by atoms with Gasteiger partial charge in [0.2, 0.25) is 17.7 Å². The van der Waals surface area contributed by atoms with E-state index in [9.17, 15) is 24.6 Å². The summed E-state index contributed by atoms with van der Waals surface area (Å²) in [7, 11) is 0. The predicted molar refractivity (Wildman–Crippen MR) is 157 cm³/mol. The van der Waals surface area contributed by atoms with Gasteiger partial charge in [0.1, 0.15) is 12.1 Å². The molecule has 0 aliphatic carbocycles. The number of aliphatic hydroxyl groups is 2. The van der Waals surface area contributed by atoms with Crippen LogP contribution in [0.5, 0.6) is 0 Å². The molecule has 2 aromatic carbocycles. The quantitative estimate of drug-likeness (QED) is 0.243. The minimum Gasteiger partial charge on any atom is -0.392 e. The fourth-order valence-corrected chi connectivity index (χ4v) is 5.35. The summed E-state index contributed by atoms with van der Waals surface area (Å²) in [5, 5.41) is 30.4. The molecule has 0 radical (unpaired) electrons. The van der Waals surface area contributed by atoms with Crippen molar-refractivity contribution in [3.63, 3.8) is 0 Å². The van der Waals surface area contributed by atoms with Crippen LogP contribution in [0.2, 0.25) is 0 Å². The van der Waals surface area contributed by atoms with Crippen LogP contribution in [0.15, 0.2) is 42.5 Å². The van der Waals surface area contributed by atoms with Gasteiger partial charge in [-0.2, -0.15) is 0 Å². The third kappa shape index (κ3) is 8.74. The topological polar surface area (TPSA) is 131 Å². The maximum atomic E-state index is 13.5. The van der Waals surface area contributed by atoms with Gasteiger partial charge in [0.25, 0.3) is 0 Å². The van der Waals surface area contributed by atoms with Gasteiger partial charge in [0, 0.05) is 38.0 Å². The number of aliphatic hydroxyl groups excluding tert-OH is 2. The monoisotopic (exact) mass is 554 g/mol. The number of hydrogen-bond donors (Lipinski definition) is 5. The summed E-state index contributed by atoms with van der Waals surface area (Å²) in [6.45, 7) is 8.58. The second-order valence-electron chi connectivity index (χ2n) is 11.6. The van der Waals surface area contributed by atoms with E-state index >= 15 is 0 Å². The third-order valence-electron chi connectivity index (χ3n) is 7.49. The lowest BCUT2D eigenvalue weighted by Crippen LogP contribution is -2.56. The van der Waals surface area contributed by atoms with Crippen LogP contribution in [0, 0.1) is 5.41 Å². The molecule has 1 aliphatic rings. The summed E-state index contributed by atoms with van der Waals surface area (Å²) in [5.74, 6) is -0.771. The van der Waals surface area contributed by atoms with E-state index in [0.29, 0.717) is 19.5 Å². The van der Waals surface area contributed by atoms with Gasteiger partial charge in [-0.3, -0.25) is 14.4 Å². The Bertz CT molecular complexity index is 1150. The Labute approximate surface area is 237 Å². The number of carbonyl (C=O) groups is 3. The predicted octanol–water partition coefficient (Wildman–Crippen LogP) is 2.13. The van der Waals surface area contributed by atoms with Crippen molar-refractivity contribution in [1.29, 1.82) is 0 Å². The average molecular weight is 555 g/mol. The highest BCUT2D eigenvalue weighted by Gasteiger charge is 2.41. The first-order valence-corrected chi connectivity index (χ1v) is 14.5. The van der Waals surface area contributed by atoms with Crippen LogP contribution in [0.4, 0.5) is 0 Å². The van der Waals surface area contributed by atoms with Gasteiger partial charge in [-0.05, 0) is 42.5 Å². The second-order valence-corrected chi connectivity index (χ2v) is 11.6. The van der Waals surface area contributed by atoms with Crippen LogP contribution in [-0.4, -0.2) is 83.3 Å². The van der Waals surface area contributed by atoms with Crippen molar-refractivity contribution in [2.24, 2.45) is 5.41 Å². The van der Waals surface area contributed by atoms with E-state index in [1.807, 2.05) is 63.2 Å². The first kappa shape index (κ1) is 31.5. The lowest BCUT2D eigenvalue weighted by Gasteiger charge is -2.33. The fourth-order valence-electron chi connectivity index (χ4n) is 5.35. The Morgan fingerprint density at radius 1 is 1.05 bits per heavy atom. The van der Waals surface area contributed by atoms with E-state index in [0.717, 1.165) is 35.6 Å². The van der Waals surface area contributed by atoms with Crippen molar-refractivity contribution in [3.8, 4) is 0 Å². The zero-order valence-corrected chi connectivity index (χ0v) is 24.3. The molecule has 0 saturated carbocycles. The van der Waals surface area contributed by atoms with Crippen molar-refractivity contribution < 1.29 is 24.6 Å². The lowest BCUT2D eigenvalue weighted by molar-refractivity contribution is -0.146. The highest BCUT2D eigenvalue weighted by atomic mass is 16.3. The number of fused-ring (bicyclic) bond motifs is 1. The largest absolute Gasteiger partial charge is 0.392 e. The minimum atomic E-state index is -0.882. The molecule has 1 aliphatic heterocycles. The lowest BCUT2D eigenvalue weighted by atomic mass is 9.86. The van der Waals surface area contributed by atoms with Crippen molar-refractivity contribution >= 4 is 28.5 Å². The van der Waals surface area contributed by atoms with Gasteiger partial charge < -0.3 is 31.1 Å². The first-order chi connectivity index (χ1) is 19.0. The number of nitrogens with zero attached hydrogens (tertiary/aromatic N) is 1. The number of hydrogen-bond acceptors (Lipinski definition) is 6. The summed E-state index contributed by atoms with van der Waals surface area (Å²) in [5.41, 5.74) is 0.332. The Hall–Kier alpha value is -3.01. The Morgan fingerprint density at radius 2 is 1.77 bits per heavy atom. The zero-order chi connectivity index (χ0) is 29.3. The molecular weight excluding hydrogens is 508 g/mol. The van der Waals surface area contributed by atoms with Gasteiger partial charge in [-0.25, -0.2) is 0 Å². The van der Waals surface area contributed by atoms with Crippen LogP contribution in [0.25, 0.3) is 10.8 Å². The first-order valence-electron chi connectivity index (χ1n) is 14.5. The number of benzene rings is 2. The highest BCUT2D eigenvalue weighted by Crippen LogP contribution is 2.30. The van der Waals surface area contributed by atoms with Gasteiger partial charge >= 0.3 is 0 Å². The van der Waals surface area contributed by atoms with E-state index in [1.54, 1.807) is 11.8 Å². The molecule has 40 heavy (non-hydrogen) atoms. The van der Waals surface area contributed by atoms with Crippen molar-refractivity contribution in [2.75, 3.05) is 26.2 Å². The maximum Gasteiger partial charge on any atom is 0.243 e. The third-order valence-corrected chi connectivity index (χ3v) is 7.49. The molecule has 2 unspecified atom stereocenters. The SMILES string of the molecule is CCCC(C)(C)C(=O)N1CCCC1C(=O)N[C@H](Cc1ccc2ccccc2c1)C(=O)NCC(O)CNC[C@@H](C)O. The Kier molecular flexibility index (Phi) is 11.5. The smallest absolute Gasteiger partial charge is 0.243 e. The molecule has 0 bridgehead atoms. The molecule has 220 valence electrons. The van der Waals surface area contributed by atoms with Crippen molar-refractivity contribution in [3.05, 3.63) is 48.0 Å². The van der Waals surface area contributed by atoms with E-state index in [2.05, 4.69) is 16.0 Å². The standard InChI is InChI=1S/C31H46N4O5/c1-5-14-31(3,4)30(40)35-15-8-11-27(35)29(39)34-26(28(38)33-20-25(37)19-32-18-21(2)36)17-22-12-13-23-9-6-7-10-24(23)16-22/h6-7,9-10,12-13,16,21,25-27,32,36-37H,5,8,11,14-15,17-20H2,1-4H3,(H,33,38)(H,34,39)/t21-,25?,26-,27?/m1/s1. The summed E-state index contributed by atoms with van der Waals surface area (Å²) < 4.78 is 0. The Balaban J connectivity index is 1.73. The molecule has 0 spiro atoms. The molecule has 9 heteroatoms. The van der Waals surface area contributed by atoms with E-state index in [-0.39, 0.29) is 31.3 Å². The summed E-state index contributed by atoms with van der Waals surface area (Å²) >= 11 is 0. The van der Waals surface area contributed by atoms with Crippen LogP contribution >= 0.6 is 0 Å². The van der Waals surface area contributed by atoms with Crippen molar-refractivity contribution in [2.45, 2.75) is 84.1 Å². The Morgan fingerprint density at radius 3 is 2.48 bits per heavy atom. The van der Waals surface area contributed by atoms with Gasteiger partial charge in [0.05, 0.1) is 12.2 Å². The number of nitrogens with one attached hydrogen (secondary N) is 3. The molecule has 1 heterocycles. The molecule has 3 amide bonds. The summed E-state index contributed by atoms with van der Waals surface area (Å²) in [4.78, 5) is 41.9. The molecule has 0 aromatic heterocycles. The number of amides is 3. The molecule has 2 aromatic rings. The van der Waals surface area contributed by atoms with Crippen LogP contribution in [0.3, 0.4) is 0 Å².